The Labute approximate surface area is 96.2 Å². The van der Waals surface area contributed by atoms with Crippen molar-refractivity contribution in [2.75, 3.05) is 13.7 Å². The maximum absolute atomic E-state index is 11.7. The highest BCUT2D eigenvalue weighted by Gasteiger charge is 2.30. The number of rotatable bonds is 7. The van der Waals surface area contributed by atoms with Gasteiger partial charge in [0.15, 0.2) is 0 Å². The van der Waals surface area contributed by atoms with Crippen LogP contribution in [0.25, 0.3) is 0 Å². The lowest BCUT2D eigenvalue weighted by molar-refractivity contribution is -0.140. The Hall–Kier alpha value is -1.10. The van der Waals surface area contributed by atoms with Crippen molar-refractivity contribution in [2.24, 2.45) is 5.92 Å². The topological polar surface area (TPSA) is 75.6 Å². The van der Waals surface area contributed by atoms with Crippen molar-refractivity contribution in [2.45, 2.75) is 39.2 Å². The second-order valence-corrected chi connectivity index (χ2v) is 4.36. The number of carboxylic acids is 1. The zero-order valence-electron chi connectivity index (χ0n) is 10.4. The fourth-order valence-corrected chi connectivity index (χ4v) is 1.39. The minimum Gasteiger partial charge on any atom is -0.481 e. The van der Waals surface area contributed by atoms with E-state index in [2.05, 4.69) is 5.32 Å². The summed E-state index contributed by atoms with van der Waals surface area (Å²) >= 11 is 0. The van der Waals surface area contributed by atoms with Crippen molar-refractivity contribution in [3.05, 3.63) is 0 Å². The molecule has 0 saturated heterocycles. The van der Waals surface area contributed by atoms with Crippen LogP contribution in [0.3, 0.4) is 0 Å². The predicted octanol–water partition coefficient (Wildman–Crippen LogP) is 1.03. The molecular weight excluding hydrogens is 210 g/mol. The standard InChI is InChI=1S/C11H21NO4/c1-5-8(2)10(15)12-11(3,7-16-4)6-9(13)14/h8H,5-7H2,1-4H3,(H,12,15)(H,13,14). The molecule has 2 atom stereocenters. The van der Waals surface area contributed by atoms with Gasteiger partial charge in [-0.05, 0) is 13.3 Å². The highest BCUT2D eigenvalue weighted by atomic mass is 16.5. The molecule has 16 heavy (non-hydrogen) atoms. The van der Waals surface area contributed by atoms with E-state index in [1.54, 1.807) is 6.92 Å². The summed E-state index contributed by atoms with van der Waals surface area (Å²) in [5.41, 5.74) is -0.846. The Morgan fingerprint density at radius 1 is 1.50 bits per heavy atom. The Morgan fingerprint density at radius 2 is 2.06 bits per heavy atom. The van der Waals surface area contributed by atoms with Gasteiger partial charge in [-0.2, -0.15) is 0 Å². The molecule has 0 saturated carbocycles. The van der Waals surface area contributed by atoms with Gasteiger partial charge in [0.25, 0.3) is 0 Å². The fourth-order valence-electron chi connectivity index (χ4n) is 1.39. The summed E-state index contributed by atoms with van der Waals surface area (Å²) in [6.45, 7) is 5.57. The molecule has 0 spiro atoms. The average Bonchev–Trinajstić information content (AvgIpc) is 2.14. The van der Waals surface area contributed by atoms with Crippen LogP contribution in [0.4, 0.5) is 0 Å². The van der Waals surface area contributed by atoms with Crippen LogP contribution in [0, 0.1) is 5.92 Å². The predicted molar refractivity (Wildman–Crippen MR) is 60.1 cm³/mol. The van der Waals surface area contributed by atoms with Gasteiger partial charge in [0.1, 0.15) is 0 Å². The van der Waals surface area contributed by atoms with Crippen LogP contribution in [0.2, 0.25) is 0 Å². The number of amides is 1. The van der Waals surface area contributed by atoms with E-state index in [9.17, 15) is 9.59 Å². The third-order valence-electron chi connectivity index (χ3n) is 2.49. The van der Waals surface area contributed by atoms with E-state index in [-0.39, 0.29) is 24.9 Å². The summed E-state index contributed by atoms with van der Waals surface area (Å²) in [5.74, 6) is -1.21. The molecule has 0 aromatic heterocycles. The van der Waals surface area contributed by atoms with E-state index in [0.717, 1.165) is 6.42 Å². The van der Waals surface area contributed by atoms with Gasteiger partial charge in [0.05, 0.1) is 18.6 Å². The second kappa shape index (κ2) is 6.48. The van der Waals surface area contributed by atoms with Gasteiger partial charge < -0.3 is 15.2 Å². The molecule has 1 amide bonds. The van der Waals surface area contributed by atoms with E-state index in [1.165, 1.54) is 7.11 Å². The normalized spacial score (nSPS) is 16.2. The lowest BCUT2D eigenvalue weighted by Gasteiger charge is -2.29. The highest BCUT2D eigenvalue weighted by molar-refractivity contribution is 5.80. The lowest BCUT2D eigenvalue weighted by Crippen LogP contribution is -2.52. The zero-order valence-corrected chi connectivity index (χ0v) is 10.4. The molecule has 0 bridgehead atoms. The first kappa shape index (κ1) is 14.9. The summed E-state index contributed by atoms with van der Waals surface area (Å²) in [5, 5.41) is 11.5. The molecule has 0 aliphatic carbocycles. The molecule has 5 heteroatoms. The first-order chi connectivity index (χ1) is 7.34. The molecule has 0 aliphatic rings. The molecule has 5 nitrogen and oxygen atoms in total. The van der Waals surface area contributed by atoms with Crippen molar-refractivity contribution >= 4 is 11.9 Å². The number of carbonyl (C=O) groups excluding carboxylic acids is 1. The quantitative estimate of drug-likeness (QED) is 0.686. The second-order valence-electron chi connectivity index (χ2n) is 4.36. The largest absolute Gasteiger partial charge is 0.481 e. The van der Waals surface area contributed by atoms with Gasteiger partial charge in [0, 0.05) is 13.0 Å². The van der Waals surface area contributed by atoms with Gasteiger partial charge in [-0.25, -0.2) is 0 Å². The summed E-state index contributed by atoms with van der Waals surface area (Å²) in [7, 11) is 1.48. The van der Waals surface area contributed by atoms with Gasteiger partial charge in [-0.3, -0.25) is 9.59 Å². The minimum absolute atomic E-state index is 0.120. The van der Waals surface area contributed by atoms with Crippen molar-refractivity contribution in [3.8, 4) is 0 Å². The molecule has 0 heterocycles. The van der Waals surface area contributed by atoms with Crippen molar-refractivity contribution < 1.29 is 19.4 Å². The number of hydrogen-bond donors (Lipinski definition) is 2. The Bertz CT molecular complexity index is 254. The van der Waals surface area contributed by atoms with Crippen molar-refractivity contribution in [1.29, 1.82) is 0 Å². The van der Waals surface area contributed by atoms with E-state index < -0.39 is 11.5 Å². The smallest absolute Gasteiger partial charge is 0.305 e. The third kappa shape index (κ3) is 5.11. The van der Waals surface area contributed by atoms with Crippen LogP contribution >= 0.6 is 0 Å². The Kier molecular flexibility index (Phi) is 6.03. The summed E-state index contributed by atoms with van der Waals surface area (Å²) < 4.78 is 4.94. The number of nitrogens with one attached hydrogen (secondary N) is 1. The SMILES string of the molecule is CCC(C)C(=O)NC(C)(COC)CC(=O)O. The van der Waals surface area contributed by atoms with Gasteiger partial charge in [0.2, 0.25) is 5.91 Å². The van der Waals surface area contributed by atoms with Gasteiger partial charge in [-0.15, -0.1) is 0 Å². The summed E-state index contributed by atoms with van der Waals surface area (Å²) in [6, 6.07) is 0. The van der Waals surface area contributed by atoms with E-state index in [0.29, 0.717) is 0 Å². The maximum Gasteiger partial charge on any atom is 0.305 e. The van der Waals surface area contributed by atoms with Crippen molar-refractivity contribution in [1.82, 2.24) is 5.32 Å². The first-order valence-electron chi connectivity index (χ1n) is 5.37. The van der Waals surface area contributed by atoms with E-state index >= 15 is 0 Å². The monoisotopic (exact) mass is 231 g/mol. The molecule has 0 aliphatic heterocycles. The number of carbonyl (C=O) groups is 2. The maximum atomic E-state index is 11.7. The average molecular weight is 231 g/mol. The summed E-state index contributed by atoms with van der Waals surface area (Å²) in [4.78, 5) is 22.4. The van der Waals surface area contributed by atoms with Crippen LogP contribution in [0.1, 0.15) is 33.6 Å². The molecule has 0 rings (SSSR count). The van der Waals surface area contributed by atoms with Crippen LogP contribution in [0.5, 0.6) is 0 Å². The number of ether oxygens (including phenoxy) is 1. The molecule has 0 fully saturated rings. The summed E-state index contributed by atoms with van der Waals surface area (Å²) in [6.07, 6.45) is 0.574. The minimum atomic E-state index is -0.955. The van der Waals surface area contributed by atoms with E-state index in [1.807, 2.05) is 13.8 Å². The molecule has 2 unspecified atom stereocenters. The van der Waals surface area contributed by atoms with E-state index in [4.69, 9.17) is 9.84 Å². The lowest BCUT2D eigenvalue weighted by atomic mass is 9.97. The molecule has 2 N–H and O–H groups in total. The zero-order chi connectivity index (χ0) is 12.8. The van der Waals surface area contributed by atoms with Gasteiger partial charge >= 0.3 is 5.97 Å². The third-order valence-corrected chi connectivity index (χ3v) is 2.49. The molecule has 0 radical (unpaired) electrons. The molecule has 0 aromatic rings. The number of methoxy groups -OCH3 is 1. The van der Waals surface area contributed by atoms with Crippen LogP contribution in [-0.2, 0) is 14.3 Å². The Morgan fingerprint density at radius 3 is 2.44 bits per heavy atom. The number of hydrogen-bond acceptors (Lipinski definition) is 3. The van der Waals surface area contributed by atoms with Crippen molar-refractivity contribution in [3.63, 3.8) is 0 Å². The number of aliphatic carboxylic acids is 1. The van der Waals surface area contributed by atoms with Crippen LogP contribution < -0.4 is 5.32 Å². The Balaban J connectivity index is 4.53. The van der Waals surface area contributed by atoms with Crippen LogP contribution in [-0.4, -0.2) is 36.2 Å². The number of carboxylic acid groups (broad SMARTS) is 1. The molecule has 0 aromatic carbocycles. The first-order valence-corrected chi connectivity index (χ1v) is 5.37. The van der Waals surface area contributed by atoms with Gasteiger partial charge in [-0.1, -0.05) is 13.8 Å². The highest BCUT2D eigenvalue weighted by Crippen LogP contribution is 2.12. The fraction of sp³-hybridized carbons (Fsp3) is 0.818. The molecular formula is C11H21NO4. The molecule has 94 valence electrons. The van der Waals surface area contributed by atoms with Crippen LogP contribution in [0.15, 0.2) is 0 Å².